The molecule has 24 heavy (non-hydrogen) atoms. The molecule has 3 aromatic rings. The van der Waals surface area contributed by atoms with Crippen LogP contribution in [0.4, 0.5) is 15.9 Å². The molecule has 4 rings (SSSR count). The number of benzene rings is 2. The molecule has 5 nitrogen and oxygen atoms in total. The average Bonchev–Trinajstić information content (AvgIpc) is 2.95. The number of nitrogens with zero attached hydrogens (tertiary/aromatic N) is 1. The fourth-order valence-electron chi connectivity index (χ4n) is 2.95. The molecule has 0 spiro atoms. The van der Waals surface area contributed by atoms with Gasteiger partial charge >= 0.3 is 0 Å². The van der Waals surface area contributed by atoms with E-state index in [1.54, 1.807) is 18.2 Å². The summed E-state index contributed by atoms with van der Waals surface area (Å²) in [6.07, 6.45) is 1.19. The van der Waals surface area contributed by atoms with E-state index in [2.05, 4.69) is 15.6 Å². The molecule has 1 amide bonds. The highest BCUT2D eigenvalue weighted by molar-refractivity contribution is 5.98. The Kier molecular flexibility index (Phi) is 3.30. The molecule has 1 aliphatic rings. The van der Waals surface area contributed by atoms with Crippen LogP contribution in [0.2, 0.25) is 0 Å². The second kappa shape index (κ2) is 5.49. The molecule has 0 aliphatic carbocycles. The van der Waals surface area contributed by atoms with Gasteiger partial charge in [0, 0.05) is 35.1 Å². The number of nitrogens with one attached hydrogen (secondary N) is 2. The molecule has 2 aromatic carbocycles. The smallest absolute Gasteiger partial charge is 0.251 e. The number of nitrogens with two attached hydrogens (primary N) is 1. The Balaban J connectivity index is 1.62. The molecule has 120 valence electrons. The number of anilines is 2. The Labute approximate surface area is 137 Å². The molecule has 0 saturated carbocycles. The molecule has 4 N–H and O–H groups in total. The number of fused-ring (bicyclic) bond motifs is 2. The van der Waals surface area contributed by atoms with Gasteiger partial charge in [-0.05, 0) is 35.4 Å². The van der Waals surface area contributed by atoms with E-state index >= 15 is 0 Å². The van der Waals surface area contributed by atoms with Crippen molar-refractivity contribution in [2.45, 2.75) is 13.1 Å². The van der Waals surface area contributed by atoms with Crippen LogP contribution >= 0.6 is 0 Å². The van der Waals surface area contributed by atoms with E-state index in [4.69, 9.17) is 5.73 Å². The number of nitrogen functional groups attached to an aromatic ring is 1. The van der Waals surface area contributed by atoms with Gasteiger partial charge in [0.05, 0.1) is 6.20 Å². The van der Waals surface area contributed by atoms with Gasteiger partial charge in [-0.3, -0.25) is 4.79 Å². The molecular weight excluding hydrogens is 307 g/mol. The van der Waals surface area contributed by atoms with Crippen molar-refractivity contribution in [1.29, 1.82) is 0 Å². The SMILES string of the molecule is Nc1ccc2c(NCc3ccc4c(c3)CNC4=O)ncc(F)c2c1. The lowest BCUT2D eigenvalue weighted by molar-refractivity contribution is 0.0966. The molecule has 1 aromatic heterocycles. The van der Waals surface area contributed by atoms with Crippen LogP contribution in [-0.2, 0) is 13.1 Å². The van der Waals surface area contributed by atoms with Crippen LogP contribution in [0.15, 0.2) is 42.6 Å². The van der Waals surface area contributed by atoms with Crippen LogP contribution in [0.3, 0.4) is 0 Å². The molecule has 0 radical (unpaired) electrons. The monoisotopic (exact) mass is 322 g/mol. The fourth-order valence-corrected chi connectivity index (χ4v) is 2.95. The van der Waals surface area contributed by atoms with E-state index < -0.39 is 5.82 Å². The van der Waals surface area contributed by atoms with Gasteiger partial charge < -0.3 is 16.4 Å². The second-order valence-corrected chi connectivity index (χ2v) is 5.79. The number of rotatable bonds is 3. The Morgan fingerprint density at radius 1 is 1.21 bits per heavy atom. The maximum Gasteiger partial charge on any atom is 0.251 e. The van der Waals surface area contributed by atoms with Crippen molar-refractivity contribution < 1.29 is 9.18 Å². The van der Waals surface area contributed by atoms with Crippen LogP contribution in [0.25, 0.3) is 10.8 Å². The van der Waals surface area contributed by atoms with Gasteiger partial charge in [-0.1, -0.05) is 12.1 Å². The van der Waals surface area contributed by atoms with Gasteiger partial charge in [0.15, 0.2) is 0 Å². The lowest BCUT2D eigenvalue weighted by Gasteiger charge is -2.10. The summed E-state index contributed by atoms with van der Waals surface area (Å²) in [6.45, 7) is 1.08. The van der Waals surface area contributed by atoms with Gasteiger partial charge in [-0.15, -0.1) is 0 Å². The van der Waals surface area contributed by atoms with Crippen LogP contribution in [0.1, 0.15) is 21.5 Å². The second-order valence-electron chi connectivity index (χ2n) is 5.79. The zero-order chi connectivity index (χ0) is 16.7. The average molecular weight is 322 g/mol. The molecular formula is C18H15FN4O. The molecule has 2 heterocycles. The quantitative estimate of drug-likeness (QED) is 0.648. The molecule has 0 unspecified atom stereocenters. The maximum atomic E-state index is 13.9. The third kappa shape index (κ3) is 2.42. The summed E-state index contributed by atoms with van der Waals surface area (Å²) < 4.78 is 13.9. The van der Waals surface area contributed by atoms with Gasteiger partial charge in [0.25, 0.3) is 5.91 Å². The van der Waals surface area contributed by atoms with Crippen molar-refractivity contribution in [3.05, 3.63) is 65.1 Å². The van der Waals surface area contributed by atoms with E-state index in [0.717, 1.165) is 16.7 Å². The van der Waals surface area contributed by atoms with Crippen LogP contribution in [0.5, 0.6) is 0 Å². The van der Waals surface area contributed by atoms with Crippen LogP contribution in [0, 0.1) is 5.82 Å². The summed E-state index contributed by atoms with van der Waals surface area (Å²) in [5, 5.41) is 7.15. The lowest BCUT2D eigenvalue weighted by atomic mass is 10.1. The number of carbonyl (C=O) groups excluding carboxylic acids is 1. The largest absolute Gasteiger partial charge is 0.399 e. The van der Waals surface area contributed by atoms with Crippen LogP contribution in [-0.4, -0.2) is 10.9 Å². The summed E-state index contributed by atoms with van der Waals surface area (Å²) >= 11 is 0. The first-order chi connectivity index (χ1) is 11.6. The third-order valence-electron chi connectivity index (χ3n) is 4.18. The van der Waals surface area contributed by atoms with E-state index in [9.17, 15) is 9.18 Å². The normalized spacial score (nSPS) is 13.0. The fraction of sp³-hybridized carbons (Fsp3) is 0.111. The van der Waals surface area contributed by atoms with Crippen molar-refractivity contribution in [2.24, 2.45) is 0 Å². The van der Waals surface area contributed by atoms with Gasteiger partial charge in [-0.2, -0.15) is 0 Å². The minimum Gasteiger partial charge on any atom is -0.399 e. The molecule has 0 atom stereocenters. The topological polar surface area (TPSA) is 80.0 Å². The number of hydrogen-bond acceptors (Lipinski definition) is 4. The van der Waals surface area contributed by atoms with E-state index in [1.165, 1.54) is 6.20 Å². The minimum absolute atomic E-state index is 0.0340. The summed E-state index contributed by atoms with van der Waals surface area (Å²) in [5.41, 5.74) is 8.98. The van der Waals surface area contributed by atoms with E-state index in [-0.39, 0.29) is 5.91 Å². The minimum atomic E-state index is -0.398. The van der Waals surface area contributed by atoms with Crippen molar-refractivity contribution in [1.82, 2.24) is 10.3 Å². The maximum absolute atomic E-state index is 13.9. The van der Waals surface area contributed by atoms with Gasteiger partial charge in [0.1, 0.15) is 11.6 Å². The Hall–Kier alpha value is -3.15. The highest BCUT2D eigenvalue weighted by Crippen LogP contribution is 2.26. The molecule has 0 saturated heterocycles. The number of halogens is 1. The predicted molar refractivity (Wildman–Crippen MR) is 91.1 cm³/mol. The first-order valence-corrected chi connectivity index (χ1v) is 7.59. The van der Waals surface area contributed by atoms with Gasteiger partial charge in [-0.25, -0.2) is 9.37 Å². The predicted octanol–water partition coefficient (Wildman–Crippen LogP) is 2.81. The first-order valence-electron chi connectivity index (χ1n) is 7.59. The van der Waals surface area contributed by atoms with Crippen molar-refractivity contribution >= 4 is 28.2 Å². The summed E-state index contributed by atoms with van der Waals surface area (Å²) in [5.74, 6) is 0.166. The molecule has 0 bridgehead atoms. The highest BCUT2D eigenvalue weighted by atomic mass is 19.1. The zero-order valence-corrected chi connectivity index (χ0v) is 12.8. The summed E-state index contributed by atoms with van der Waals surface area (Å²) in [4.78, 5) is 15.7. The Bertz CT molecular complexity index is 971. The summed E-state index contributed by atoms with van der Waals surface area (Å²) in [7, 11) is 0. The third-order valence-corrected chi connectivity index (χ3v) is 4.18. The number of aromatic nitrogens is 1. The van der Waals surface area contributed by atoms with Crippen LogP contribution < -0.4 is 16.4 Å². The van der Waals surface area contributed by atoms with Crippen molar-refractivity contribution in [3.8, 4) is 0 Å². The Morgan fingerprint density at radius 2 is 2.08 bits per heavy atom. The molecule has 6 heteroatoms. The standard InChI is InChI=1S/C18H15FN4O/c19-16-9-22-17(14-4-2-12(20)6-15(14)16)21-7-10-1-3-13-11(5-10)8-23-18(13)24/h1-6,9H,7-8,20H2,(H,21,22)(H,23,24). The zero-order valence-electron chi connectivity index (χ0n) is 12.8. The first kappa shape index (κ1) is 14.4. The van der Waals surface area contributed by atoms with Crippen molar-refractivity contribution in [2.75, 3.05) is 11.1 Å². The number of carbonyl (C=O) groups is 1. The number of hydrogen-bond donors (Lipinski definition) is 3. The van der Waals surface area contributed by atoms with Crippen molar-refractivity contribution in [3.63, 3.8) is 0 Å². The number of amides is 1. The van der Waals surface area contributed by atoms with Gasteiger partial charge in [0.2, 0.25) is 0 Å². The molecule has 1 aliphatic heterocycles. The molecule has 0 fully saturated rings. The van der Waals surface area contributed by atoms with E-state index in [0.29, 0.717) is 35.4 Å². The summed E-state index contributed by atoms with van der Waals surface area (Å²) in [6, 6.07) is 10.8. The number of pyridine rings is 1. The highest BCUT2D eigenvalue weighted by Gasteiger charge is 2.18. The van der Waals surface area contributed by atoms with E-state index in [1.807, 2.05) is 18.2 Å². The Morgan fingerprint density at radius 3 is 2.96 bits per heavy atom. The lowest BCUT2D eigenvalue weighted by Crippen LogP contribution is -2.12.